The molecule has 2 aromatic rings. The molecule has 3 N–H and O–H groups in total. The summed E-state index contributed by atoms with van der Waals surface area (Å²) in [6.45, 7) is 2.13. The molecule has 0 atom stereocenters. The van der Waals surface area contributed by atoms with Crippen LogP contribution in [0.1, 0.15) is 15.9 Å². The van der Waals surface area contributed by atoms with E-state index in [9.17, 15) is 9.59 Å². The predicted octanol–water partition coefficient (Wildman–Crippen LogP) is 2.41. The molecular formula is C17H19N3O2. The molecule has 0 aliphatic rings. The molecule has 0 bridgehead atoms. The third kappa shape index (κ3) is 4.34. The molecule has 114 valence electrons. The van der Waals surface area contributed by atoms with Crippen LogP contribution in [0.3, 0.4) is 0 Å². The first-order valence-corrected chi connectivity index (χ1v) is 7.01. The Kier molecular flexibility index (Phi) is 5.14. The summed E-state index contributed by atoms with van der Waals surface area (Å²) in [7, 11) is 1.59. The Labute approximate surface area is 129 Å². The number of amides is 2. The molecule has 2 rings (SSSR count). The molecule has 5 nitrogen and oxygen atoms in total. The van der Waals surface area contributed by atoms with Gasteiger partial charge in [-0.3, -0.25) is 9.59 Å². The molecule has 0 aromatic heterocycles. The molecule has 0 unspecified atom stereocenters. The first-order valence-electron chi connectivity index (χ1n) is 7.01. The van der Waals surface area contributed by atoms with E-state index in [2.05, 4.69) is 16.0 Å². The average molecular weight is 297 g/mol. The van der Waals surface area contributed by atoms with E-state index in [1.54, 1.807) is 31.3 Å². The molecule has 0 saturated heterocycles. The highest BCUT2D eigenvalue weighted by atomic mass is 16.2. The van der Waals surface area contributed by atoms with E-state index >= 15 is 0 Å². The van der Waals surface area contributed by atoms with Crippen molar-refractivity contribution in [1.29, 1.82) is 0 Å². The van der Waals surface area contributed by atoms with Crippen LogP contribution in [-0.2, 0) is 4.79 Å². The maximum absolute atomic E-state index is 11.9. The fourth-order valence-electron chi connectivity index (χ4n) is 1.99. The van der Waals surface area contributed by atoms with E-state index in [0.717, 1.165) is 16.9 Å². The smallest absolute Gasteiger partial charge is 0.251 e. The maximum atomic E-state index is 11.9. The summed E-state index contributed by atoms with van der Waals surface area (Å²) >= 11 is 0. The van der Waals surface area contributed by atoms with Gasteiger partial charge in [-0.05, 0) is 48.9 Å². The number of rotatable bonds is 5. The van der Waals surface area contributed by atoms with Crippen LogP contribution in [0.2, 0.25) is 0 Å². The van der Waals surface area contributed by atoms with Crippen molar-refractivity contribution in [1.82, 2.24) is 5.32 Å². The standard InChI is InChI=1S/C17H19N3O2/c1-12-4-3-5-15(10-12)20-16(21)11-19-14-8-6-13(7-9-14)17(22)18-2/h3-10,19H,11H2,1-2H3,(H,18,22)(H,20,21). The molecule has 0 heterocycles. The summed E-state index contributed by atoms with van der Waals surface area (Å²) in [6.07, 6.45) is 0. The molecule has 0 aliphatic carbocycles. The van der Waals surface area contributed by atoms with Gasteiger partial charge in [0, 0.05) is 24.0 Å². The molecule has 0 fully saturated rings. The van der Waals surface area contributed by atoms with E-state index in [4.69, 9.17) is 0 Å². The van der Waals surface area contributed by atoms with Crippen molar-refractivity contribution in [3.05, 3.63) is 59.7 Å². The Hall–Kier alpha value is -2.82. The number of benzene rings is 2. The van der Waals surface area contributed by atoms with Gasteiger partial charge in [-0.1, -0.05) is 12.1 Å². The lowest BCUT2D eigenvalue weighted by atomic mass is 10.2. The topological polar surface area (TPSA) is 70.2 Å². The molecular weight excluding hydrogens is 278 g/mol. The SMILES string of the molecule is CNC(=O)c1ccc(NCC(=O)Nc2cccc(C)c2)cc1. The van der Waals surface area contributed by atoms with Gasteiger partial charge >= 0.3 is 0 Å². The summed E-state index contributed by atoms with van der Waals surface area (Å²) < 4.78 is 0. The van der Waals surface area contributed by atoms with E-state index in [0.29, 0.717) is 5.56 Å². The summed E-state index contributed by atoms with van der Waals surface area (Å²) in [5, 5.41) is 8.41. The fraction of sp³-hybridized carbons (Fsp3) is 0.176. The summed E-state index contributed by atoms with van der Waals surface area (Å²) in [5.41, 5.74) is 3.24. The zero-order chi connectivity index (χ0) is 15.9. The second-order valence-electron chi connectivity index (χ2n) is 4.93. The van der Waals surface area contributed by atoms with Crippen molar-refractivity contribution >= 4 is 23.2 Å². The largest absolute Gasteiger partial charge is 0.376 e. The highest BCUT2D eigenvalue weighted by Crippen LogP contribution is 2.11. The molecule has 0 aliphatic heterocycles. The van der Waals surface area contributed by atoms with Crippen molar-refractivity contribution < 1.29 is 9.59 Å². The van der Waals surface area contributed by atoms with Gasteiger partial charge < -0.3 is 16.0 Å². The number of carbonyl (C=O) groups is 2. The van der Waals surface area contributed by atoms with Gasteiger partial charge in [-0.25, -0.2) is 0 Å². The Morgan fingerprint density at radius 2 is 1.73 bits per heavy atom. The third-order valence-electron chi connectivity index (χ3n) is 3.13. The minimum atomic E-state index is -0.135. The van der Waals surface area contributed by atoms with Crippen LogP contribution in [0.5, 0.6) is 0 Å². The molecule has 0 radical (unpaired) electrons. The molecule has 2 amide bonds. The highest BCUT2D eigenvalue weighted by Gasteiger charge is 2.04. The van der Waals surface area contributed by atoms with E-state index in [-0.39, 0.29) is 18.4 Å². The Morgan fingerprint density at radius 1 is 1.00 bits per heavy atom. The fourth-order valence-corrected chi connectivity index (χ4v) is 1.99. The second-order valence-corrected chi connectivity index (χ2v) is 4.93. The number of nitrogens with one attached hydrogen (secondary N) is 3. The zero-order valence-corrected chi connectivity index (χ0v) is 12.6. The molecule has 2 aromatic carbocycles. The minimum absolute atomic E-state index is 0.124. The third-order valence-corrected chi connectivity index (χ3v) is 3.13. The first-order chi connectivity index (χ1) is 10.6. The number of carbonyl (C=O) groups excluding carboxylic acids is 2. The van der Waals surface area contributed by atoms with E-state index in [1.165, 1.54) is 0 Å². The van der Waals surface area contributed by atoms with Gasteiger partial charge in [0.05, 0.1) is 6.54 Å². The predicted molar refractivity (Wildman–Crippen MR) is 88.1 cm³/mol. The highest BCUT2D eigenvalue weighted by molar-refractivity contribution is 5.95. The molecule has 0 spiro atoms. The lowest BCUT2D eigenvalue weighted by molar-refractivity contribution is -0.114. The van der Waals surface area contributed by atoms with Crippen molar-refractivity contribution in [2.75, 3.05) is 24.2 Å². The van der Waals surface area contributed by atoms with Crippen molar-refractivity contribution in [2.45, 2.75) is 6.92 Å². The molecule has 0 saturated carbocycles. The number of hydrogen-bond acceptors (Lipinski definition) is 3. The van der Waals surface area contributed by atoms with Crippen molar-refractivity contribution in [3.63, 3.8) is 0 Å². The minimum Gasteiger partial charge on any atom is -0.376 e. The number of aryl methyl sites for hydroxylation is 1. The Bertz CT molecular complexity index is 666. The Morgan fingerprint density at radius 3 is 2.36 bits per heavy atom. The van der Waals surface area contributed by atoms with E-state index in [1.807, 2.05) is 31.2 Å². The lowest BCUT2D eigenvalue weighted by Gasteiger charge is -2.09. The van der Waals surface area contributed by atoms with Gasteiger partial charge in [-0.15, -0.1) is 0 Å². The van der Waals surface area contributed by atoms with Crippen molar-refractivity contribution in [2.24, 2.45) is 0 Å². The van der Waals surface area contributed by atoms with Crippen LogP contribution in [0.25, 0.3) is 0 Å². The summed E-state index contributed by atoms with van der Waals surface area (Å²) in [6, 6.07) is 14.6. The molecule has 5 heteroatoms. The van der Waals surface area contributed by atoms with Gasteiger partial charge in [0.2, 0.25) is 5.91 Å². The average Bonchev–Trinajstić information content (AvgIpc) is 2.52. The Balaban J connectivity index is 1.87. The van der Waals surface area contributed by atoms with Gasteiger partial charge in [0.25, 0.3) is 5.91 Å². The van der Waals surface area contributed by atoms with Gasteiger partial charge in [0.15, 0.2) is 0 Å². The zero-order valence-electron chi connectivity index (χ0n) is 12.6. The quantitative estimate of drug-likeness (QED) is 0.793. The maximum Gasteiger partial charge on any atom is 0.251 e. The first kappa shape index (κ1) is 15.6. The van der Waals surface area contributed by atoms with Gasteiger partial charge in [0.1, 0.15) is 0 Å². The molecule has 22 heavy (non-hydrogen) atoms. The van der Waals surface area contributed by atoms with Crippen LogP contribution in [0, 0.1) is 6.92 Å². The number of anilines is 2. The van der Waals surface area contributed by atoms with Crippen LogP contribution < -0.4 is 16.0 Å². The lowest BCUT2D eigenvalue weighted by Crippen LogP contribution is -2.22. The second kappa shape index (κ2) is 7.26. The van der Waals surface area contributed by atoms with Gasteiger partial charge in [-0.2, -0.15) is 0 Å². The van der Waals surface area contributed by atoms with Crippen LogP contribution in [-0.4, -0.2) is 25.4 Å². The number of hydrogen-bond donors (Lipinski definition) is 3. The summed E-state index contributed by atoms with van der Waals surface area (Å²) in [4.78, 5) is 23.3. The van der Waals surface area contributed by atoms with Crippen LogP contribution in [0.15, 0.2) is 48.5 Å². The van der Waals surface area contributed by atoms with E-state index < -0.39 is 0 Å². The van der Waals surface area contributed by atoms with Crippen LogP contribution >= 0.6 is 0 Å². The normalized spacial score (nSPS) is 9.91. The summed E-state index contributed by atoms with van der Waals surface area (Å²) in [5.74, 6) is -0.260. The monoisotopic (exact) mass is 297 g/mol. The van der Waals surface area contributed by atoms with Crippen LogP contribution in [0.4, 0.5) is 11.4 Å². The van der Waals surface area contributed by atoms with Crippen molar-refractivity contribution in [3.8, 4) is 0 Å².